The quantitative estimate of drug-likeness (QED) is 0.181. The molecule has 2 N–H and O–H groups in total. The normalized spacial score (nSPS) is 11.0. The Morgan fingerprint density at radius 2 is 2.06 bits per heavy atom. The molecule has 2 rings (SSSR count). The number of nitriles is 1. The summed E-state index contributed by atoms with van der Waals surface area (Å²) in [7, 11) is 2.40. The van der Waals surface area contributed by atoms with Crippen LogP contribution in [-0.2, 0) is 11.3 Å². The summed E-state index contributed by atoms with van der Waals surface area (Å²) in [6.07, 6.45) is 5.29. The fourth-order valence-corrected chi connectivity index (χ4v) is 2.67. The Hall–Kier alpha value is -4.57. The molecule has 0 saturated carbocycles. The molecule has 0 radical (unpaired) electrons. The van der Waals surface area contributed by atoms with Gasteiger partial charge in [0.2, 0.25) is 5.75 Å². The number of aliphatic hydroxyl groups excluding tert-OH is 1. The molecule has 0 heterocycles. The maximum Gasteiger partial charge on any atom is 0.315 e. The predicted molar refractivity (Wildman–Crippen MR) is 107 cm³/mol. The van der Waals surface area contributed by atoms with Gasteiger partial charge < -0.3 is 19.8 Å². The fraction of sp³-hybridized carbons (Fsp3) is 0.143. The van der Waals surface area contributed by atoms with Crippen molar-refractivity contribution in [3.63, 3.8) is 0 Å². The van der Waals surface area contributed by atoms with Crippen molar-refractivity contribution in [1.82, 2.24) is 4.90 Å². The lowest BCUT2D eigenvalue weighted by Gasteiger charge is -2.18. The largest absolute Gasteiger partial charge is 0.506 e. The Bertz CT molecular complexity index is 1180. The number of amides is 1. The number of terminal acetylenes is 1. The second kappa shape index (κ2) is 9.29. The van der Waals surface area contributed by atoms with E-state index in [-0.39, 0.29) is 23.4 Å². The van der Waals surface area contributed by atoms with Gasteiger partial charge in [-0.25, -0.2) is 4.39 Å². The highest BCUT2D eigenvalue weighted by atomic mass is 19.1. The minimum absolute atomic E-state index is 0.0880. The molecule has 31 heavy (non-hydrogen) atoms. The molecule has 1 amide bonds. The van der Waals surface area contributed by atoms with Crippen molar-refractivity contribution in [2.75, 3.05) is 14.2 Å². The Kier molecular flexibility index (Phi) is 6.80. The molecule has 0 bridgehead atoms. The first-order valence-corrected chi connectivity index (χ1v) is 8.54. The Morgan fingerprint density at radius 3 is 2.61 bits per heavy atom. The number of rotatable bonds is 6. The standard InChI is InChI=1S/C21H16FN3O6/c1-4-12-5-6-16(22)14(7-12)11-24(2)21(28)15(10-23)19(26)13-8-17(25(29)30)20(27)18(9-13)31-3/h1,5-9,26-27H,11H2,2-3H3/b19-15-. The molecule has 0 saturated heterocycles. The molecule has 0 fully saturated rings. The number of carbonyl (C=O) groups excluding carboxylic acids is 1. The molecule has 0 aliphatic rings. The summed E-state index contributed by atoms with van der Waals surface area (Å²) in [5.74, 6) is -1.26. The smallest absolute Gasteiger partial charge is 0.315 e. The molecule has 2 aromatic rings. The van der Waals surface area contributed by atoms with E-state index < -0.39 is 39.4 Å². The van der Waals surface area contributed by atoms with Crippen LogP contribution in [0.15, 0.2) is 35.9 Å². The van der Waals surface area contributed by atoms with Crippen LogP contribution in [0.2, 0.25) is 0 Å². The van der Waals surface area contributed by atoms with E-state index in [0.717, 1.165) is 30.2 Å². The van der Waals surface area contributed by atoms with Gasteiger partial charge in [0, 0.05) is 36.3 Å². The molecule has 0 aliphatic heterocycles. The second-order valence-corrected chi connectivity index (χ2v) is 6.25. The lowest BCUT2D eigenvalue weighted by molar-refractivity contribution is -0.386. The number of hydrogen-bond acceptors (Lipinski definition) is 7. The van der Waals surface area contributed by atoms with E-state index in [4.69, 9.17) is 11.2 Å². The lowest BCUT2D eigenvalue weighted by atomic mass is 10.1. The van der Waals surface area contributed by atoms with Gasteiger partial charge in [0.15, 0.2) is 11.3 Å². The van der Waals surface area contributed by atoms with Gasteiger partial charge in [-0.2, -0.15) is 5.26 Å². The molecule has 9 nitrogen and oxygen atoms in total. The molecule has 2 aromatic carbocycles. The predicted octanol–water partition coefficient (Wildman–Crippen LogP) is 2.88. The van der Waals surface area contributed by atoms with E-state index in [1.807, 2.05) is 0 Å². The fourth-order valence-electron chi connectivity index (χ4n) is 2.67. The van der Waals surface area contributed by atoms with Crippen LogP contribution in [0.5, 0.6) is 11.5 Å². The number of methoxy groups -OCH3 is 1. The van der Waals surface area contributed by atoms with Gasteiger partial charge in [-0.15, -0.1) is 6.42 Å². The van der Waals surface area contributed by atoms with E-state index in [0.29, 0.717) is 5.56 Å². The van der Waals surface area contributed by atoms with Gasteiger partial charge in [0.1, 0.15) is 17.6 Å². The molecule has 0 aliphatic carbocycles. The van der Waals surface area contributed by atoms with Crippen molar-refractivity contribution in [1.29, 1.82) is 5.26 Å². The van der Waals surface area contributed by atoms with Crippen LogP contribution in [0, 0.1) is 39.6 Å². The Morgan fingerprint density at radius 1 is 1.39 bits per heavy atom. The highest BCUT2D eigenvalue weighted by Gasteiger charge is 2.26. The van der Waals surface area contributed by atoms with Crippen molar-refractivity contribution in [3.05, 3.63) is 68.5 Å². The van der Waals surface area contributed by atoms with Crippen molar-refractivity contribution >= 4 is 17.4 Å². The zero-order chi connectivity index (χ0) is 23.3. The molecule has 0 unspecified atom stereocenters. The number of phenolic OH excluding ortho intramolecular Hbond substituents is 1. The number of carbonyl (C=O) groups is 1. The molecule has 0 spiro atoms. The van der Waals surface area contributed by atoms with Crippen molar-refractivity contribution in [2.45, 2.75) is 6.54 Å². The van der Waals surface area contributed by atoms with Crippen molar-refractivity contribution in [2.24, 2.45) is 0 Å². The summed E-state index contributed by atoms with van der Waals surface area (Å²) in [6, 6.07) is 7.25. The second-order valence-electron chi connectivity index (χ2n) is 6.25. The number of nitro groups is 1. The summed E-state index contributed by atoms with van der Waals surface area (Å²) >= 11 is 0. The summed E-state index contributed by atoms with van der Waals surface area (Å²) in [5.41, 5.74) is -1.38. The summed E-state index contributed by atoms with van der Waals surface area (Å²) in [6.45, 7) is -0.266. The minimum Gasteiger partial charge on any atom is -0.506 e. The number of hydrogen-bond donors (Lipinski definition) is 2. The average Bonchev–Trinajstić information content (AvgIpc) is 2.75. The minimum atomic E-state index is -0.972. The molecular formula is C21H16FN3O6. The van der Waals surface area contributed by atoms with Gasteiger partial charge in [-0.3, -0.25) is 14.9 Å². The third kappa shape index (κ3) is 4.71. The third-order valence-electron chi connectivity index (χ3n) is 4.27. The third-order valence-corrected chi connectivity index (χ3v) is 4.27. The van der Waals surface area contributed by atoms with Gasteiger partial charge in [-0.05, 0) is 24.3 Å². The number of halogens is 1. The van der Waals surface area contributed by atoms with Crippen LogP contribution in [0.25, 0.3) is 5.76 Å². The van der Waals surface area contributed by atoms with Gasteiger partial charge in [-0.1, -0.05) is 5.92 Å². The number of ether oxygens (including phenoxy) is 1. The van der Waals surface area contributed by atoms with Crippen molar-refractivity contribution < 1.29 is 29.1 Å². The average molecular weight is 425 g/mol. The topological polar surface area (TPSA) is 137 Å². The zero-order valence-electron chi connectivity index (χ0n) is 16.4. The summed E-state index contributed by atoms with van der Waals surface area (Å²) < 4.78 is 18.9. The van der Waals surface area contributed by atoms with Crippen LogP contribution in [0.4, 0.5) is 10.1 Å². The van der Waals surface area contributed by atoms with Crippen LogP contribution in [-0.4, -0.2) is 40.1 Å². The molecule has 158 valence electrons. The number of nitrogens with zero attached hydrogens (tertiary/aromatic N) is 3. The van der Waals surface area contributed by atoms with Gasteiger partial charge in [0.25, 0.3) is 5.91 Å². The molecule has 0 atom stereocenters. The first-order valence-electron chi connectivity index (χ1n) is 8.54. The maximum atomic E-state index is 14.0. The number of likely N-dealkylation sites (N-methyl/N-ethyl adjacent to an activating group) is 1. The van der Waals surface area contributed by atoms with E-state index in [1.54, 1.807) is 6.07 Å². The van der Waals surface area contributed by atoms with E-state index in [1.165, 1.54) is 19.2 Å². The number of benzene rings is 2. The van der Waals surface area contributed by atoms with E-state index in [2.05, 4.69) is 5.92 Å². The first-order chi connectivity index (χ1) is 14.6. The monoisotopic (exact) mass is 425 g/mol. The molecule has 10 heteroatoms. The number of nitro benzene ring substituents is 1. The number of phenols is 1. The Balaban J connectivity index is 2.47. The van der Waals surface area contributed by atoms with Crippen LogP contribution in [0.1, 0.15) is 16.7 Å². The molecular weight excluding hydrogens is 409 g/mol. The zero-order valence-corrected chi connectivity index (χ0v) is 16.4. The highest BCUT2D eigenvalue weighted by molar-refractivity contribution is 6.03. The first kappa shape index (κ1) is 22.7. The van der Waals surface area contributed by atoms with Crippen molar-refractivity contribution in [3.8, 4) is 29.9 Å². The summed E-state index contributed by atoms with van der Waals surface area (Å²) in [4.78, 5) is 23.9. The Labute approximate surface area is 176 Å². The van der Waals surface area contributed by atoms with Gasteiger partial charge >= 0.3 is 5.69 Å². The van der Waals surface area contributed by atoms with Crippen LogP contribution in [0.3, 0.4) is 0 Å². The lowest BCUT2D eigenvalue weighted by Crippen LogP contribution is -2.28. The van der Waals surface area contributed by atoms with E-state index >= 15 is 0 Å². The molecule has 0 aromatic heterocycles. The maximum absolute atomic E-state index is 14.0. The van der Waals surface area contributed by atoms with Crippen LogP contribution < -0.4 is 4.74 Å². The SMILES string of the molecule is C#Cc1ccc(F)c(CN(C)C(=O)/C(C#N)=C(\O)c2cc(OC)c(O)c([N+](=O)[O-])c2)c1. The van der Waals surface area contributed by atoms with Crippen LogP contribution >= 0.6 is 0 Å². The van der Waals surface area contributed by atoms with Gasteiger partial charge in [0.05, 0.1) is 12.0 Å². The number of aromatic hydroxyl groups is 1. The number of aliphatic hydroxyl groups is 1. The highest BCUT2D eigenvalue weighted by Crippen LogP contribution is 2.38. The van der Waals surface area contributed by atoms with E-state index in [9.17, 15) is 34.8 Å². The summed E-state index contributed by atoms with van der Waals surface area (Å²) in [5, 5.41) is 40.9.